The van der Waals surface area contributed by atoms with Crippen molar-refractivity contribution in [2.24, 2.45) is 0 Å². The summed E-state index contributed by atoms with van der Waals surface area (Å²) < 4.78 is 3.22. The van der Waals surface area contributed by atoms with Gasteiger partial charge in [-0.25, -0.2) is 4.98 Å². The van der Waals surface area contributed by atoms with Gasteiger partial charge in [-0.3, -0.25) is 9.48 Å². The van der Waals surface area contributed by atoms with E-state index in [0.717, 1.165) is 18.5 Å². The van der Waals surface area contributed by atoms with E-state index in [2.05, 4.69) is 32.4 Å². The number of rotatable bonds is 5. The number of nitrogens with one attached hydrogen (secondary N) is 1. The molecule has 0 aliphatic heterocycles. The van der Waals surface area contributed by atoms with Crippen LogP contribution >= 0.6 is 0 Å². The minimum atomic E-state index is -0.318. The summed E-state index contributed by atoms with van der Waals surface area (Å²) in [6.45, 7) is 2.88. The maximum absolute atomic E-state index is 12.8. The number of fused-ring (bicyclic) bond motifs is 1. The molecule has 0 saturated heterocycles. The Bertz CT molecular complexity index is 1050. The second-order valence-electron chi connectivity index (χ2n) is 5.78. The van der Waals surface area contributed by atoms with Crippen LogP contribution in [0.2, 0.25) is 0 Å². The number of aromatic nitrogens is 6. The summed E-state index contributed by atoms with van der Waals surface area (Å²) in [5, 5.41) is 11.3. The quantitative estimate of drug-likeness (QED) is 0.599. The number of anilines is 1. The molecule has 26 heavy (non-hydrogen) atoms. The number of carbonyl (C=O) groups excluding carboxylic acids is 1. The number of aryl methyl sites for hydroxylation is 1. The predicted molar refractivity (Wildman–Crippen MR) is 96.7 cm³/mol. The normalized spacial score (nSPS) is 11.0. The van der Waals surface area contributed by atoms with Gasteiger partial charge in [-0.1, -0.05) is 37.3 Å². The maximum atomic E-state index is 12.8. The second kappa shape index (κ2) is 6.75. The molecule has 130 valence electrons. The van der Waals surface area contributed by atoms with Gasteiger partial charge >= 0.3 is 0 Å². The minimum Gasteiger partial charge on any atom is -0.304 e. The molecule has 4 rings (SSSR count). The van der Waals surface area contributed by atoms with E-state index in [0.29, 0.717) is 23.0 Å². The van der Waals surface area contributed by atoms with E-state index >= 15 is 0 Å². The van der Waals surface area contributed by atoms with E-state index in [4.69, 9.17) is 0 Å². The van der Waals surface area contributed by atoms with Crippen molar-refractivity contribution in [1.82, 2.24) is 29.4 Å². The molecule has 0 saturated carbocycles. The molecule has 0 atom stereocenters. The average Bonchev–Trinajstić information content (AvgIpc) is 3.31. The Labute approximate surface area is 149 Å². The molecule has 8 nitrogen and oxygen atoms in total. The minimum absolute atomic E-state index is 0.318. The van der Waals surface area contributed by atoms with Crippen molar-refractivity contribution < 1.29 is 4.79 Å². The van der Waals surface area contributed by atoms with Crippen molar-refractivity contribution in [3.63, 3.8) is 0 Å². The van der Waals surface area contributed by atoms with E-state index in [1.54, 1.807) is 16.8 Å². The second-order valence-corrected chi connectivity index (χ2v) is 5.78. The molecule has 8 heteroatoms. The molecule has 3 aromatic heterocycles. The zero-order valence-corrected chi connectivity index (χ0v) is 14.2. The van der Waals surface area contributed by atoms with Crippen molar-refractivity contribution in [1.29, 1.82) is 0 Å². The van der Waals surface area contributed by atoms with E-state index in [-0.39, 0.29) is 5.91 Å². The van der Waals surface area contributed by atoms with Crippen LogP contribution in [0.15, 0.2) is 55.0 Å². The summed E-state index contributed by atoms with van der Waals surface area (Å²) in [4.78, 5) is 21.4. The van der Waals surface area contributed by atoms with Gasteiger partial charge < -0.3 is 5.32 Å². The number of nitrogens with zero attached hydrogens (tertiary/aromatic N) is 6. The Balaban J connectivity index is 1.70. The van der Waals surface area contributed by atoms with Crippen LogP contribution in [0, 0.1) is 0 Å². The molecule has 0 unspecified atom stereocenters. The van der Waals surface area contributed by atoms with Gasteiger partial charge in [0.1, 0.15) is 12.0 Å². The monoisotopic (exact) mass is 347 g/mol. The fraction of sp³-hybridized carbons (Fsp3) is 0.167. The van der Waals surface area contributed by atoms with Gasteiger partial charge in [-0.2, -0.15) is 19.7 Å². The lowest BCUT2D eigenvalue weighted by atomic mass is 10.1. The lowest BCUT2D eigenvalue weighted by Gasteiger charge is -2.07. The summed E-state index contributed by atoms with van der Waals surface area (Å²) in [5.74, 6) is 0.546. The Morgan fingerprint density at radius 1 is 1.19 bits per heavy atom. The third-order valence-electron chi connectivity index (χ3n) is 3.89. The van der Waals surface area contributed by atoms with Crippen molar-refractivity contribution in [3.05, 3.63) is 60.7 Å². The number of amides is 1. The zero-order valence-electron chi connectivity index (χ0n) is 14.2. The molecule has 1 aromatic carbocycles. The van der Waals surface area contributed by atoms with Crippen molar-refractivity contribution in [3.8, 4) is 11.3 Å². The van der Waals surface area contributed by atoms with Gasteiger partial charge in [0.25, 0.3) is 11.7 Å². The molecule has 0 aliphatic carbocycles. The molecule has 0 radical (unpaired) electrons. The number of carbonyl (C=O) groups is 1. The number of hydrogen-bond acceptors (Lipinski definition) is 5. The highest BCUT2D eigenvalue weighted by atomic mass is 16.2. The molecule has 0 spiro atoms. The summed E-state index contributed by atoms with van der Waals surface area (Å²) in [6.07, 6.45) is 4.19. The first-order valence-electron chi connectivity index (χ1n) is 8.35. The van der Waals surface area contributed by atoms with Gasteiger partial charge in [-0.05, 0) is 12.5 Å². The van der Waals surface area contributed by atoms with Crippen LogP contribution in [0.3, 0.4) is 0 Å². The van der Waals surface area contributed by atoms with E-state index in [1.165, 1.54) is 10.8 Å². The van der Waals surface area contributed by atoms with Crippen molar-refractivity contribution in [2.75, 3.05) is 5.32 Å². The standard InChI is InChI=1S/C18H17N7O/c1-2-9-24-10-8-16(23-24)22-17(26)15-11-14(13-6-4-3-5-7-13)21-18-19-12-20-25(15)18/h3-8,10-12H,2,9H2,1H3,(H,22,23,26). The van der Waals surface area contributed by atoms with Crippen LogP contribution in [-0.4, -0.2) is 35.3 Å². The molecule has 0 bridgehead atoms. The first kappa shape index (κ1) is 15.9. The summed E-state index contributed by atoms with van der Waals surface area (Å²) in [6, 6.07) is 13.1. The largest absolute Gasteiger partial charge is 0.304 e. The summed E-state index contributed by atoms with van der Waals surface area (Å²) in [7, 11) is 0. The molecule has 3 heterocycles. The molecular formula is C18H17N7O. The Kier molecular flexibility index (Phi) is 4.14. The smallest absolute Gasteiger partial charge is 0.275 e. The average molecular weight is 347 g/mol. The highest BCUT2D eigenvalue weighted by Gasteiger charge is 2.16. The van der Waals surface area contributed by atoms with Crippen molar-refractivity contribution in [2.45, 2.75) is 19.9 Å². The highest BCUT2D eigenvalue weighted by Crippen LogP contribution is 2.19. The predicted octanol–water partition coefficient (Wildman–Crippen LogP) is 2.65. The number of benzene rings is 1. The van der Waals surface area contributed by atoms with E-state index < -0.39 is 0 Å². The maximum Gasteiger partial charge on any atom is 0.275 e. The van der Waals surface area contributed by atoms with Crippen LogP contribution in [0.1, 0.15) is 23.8 Å². The van der Waals surface area contributed by atoms with Gasteiger partial charge in [0.05, 0.1) is 5.69 Å². The highest BCUT2D eigenvalue weighted by molar-refractivity contribution is 6.03. The lowest BCUT2D eigenvalue weighted by Crippen LogP contribution is -2.18. The third-order valence-corrected chi connectivity index (χ3v) is 3.89. The Hall–Kier alpha value is -3.55. The van der Waals surface area contributed by atoms with E-state index in [9.17, 15) is 4.79 Å². The summed E-state index contributed by atoms with van der Waals surface area (Å²) >= 11 is 0. The van der Waals surface area contributed by atoms with Gasteiger partial charge in [0, 0.05) is 24.4 Å². The topological polar surface area (TPSA) is 90.0 Å². The molecule has 0 fully saturated rings. The SMILES string of the molecule is CCCn1ccc(NC(=O)c2cc(-c3ccccc3)nc3ncnn23)n1. The Morgan fingerprint density at radius 3 is 2.85 bits per heavy atom. The fourth-order valence-electron chi connectivity index (χ4n) is 2.69. The first-order valence-corrected chi connectivity index (χ1v) is 8.35. The van der Waals surface area contributed by atoms with Crippen LogP contribution in [0.25, 0.3) is 17.0 Å². The lowest BCUT2D eigenvalue weighted by molar-refractivity contribution is 0.101. The Morgan fingerprint density at radius 2 is 2.04 bits per heavy atom. The molecule has 4 aromatic rings. The fourth-order valence-corrected chi connectivity index (χ4v) is 2.69. The molecule has 1 amide bonds. The molecule has 0 aliphatic rings. The van der Waals surface area contributed by atoms with Gasteiger partial charge in [0.15, 0.2) is 5.82 Å². The van der Waals surface area contributed by atoms with Crippen LogP contribution < -0.4 is 5.32 Å². The number of hydrogen-bond donors (Lipinski definition) is 1. The van der Waals surface area contributed by atoms with Gasteiger partial charge in [-0.15, -0.1) is 0 Å². The molecule has 1 N–H and O–H groups in total. The van der Waals surface area contributed by atoms with Crippen LogP contribution in [-0.2, 0) is 6.54 Å². The summed E-state index contributed by atoms with van der Waals surface area (Å²) in [5.41, 5.74) is 1.91. The van der Waals surface area contributed by atoms with Crippen LogP contribution in [0.5, 0.6) is 0 Å². The van der Waals surface area contributed by atoms with Gasteiger partial charge in [0.2, 0.25) is 0 Å². The van der Waals surface area contributed by atoms with Crippen molar-refractivity contribution >= 4 is 17.5 Å². The zero-order chi connectivity index (χ0) is 17.9. The first-order chi connectivity index (χ1) is 12.7. The van der Waals surface area contributed by atoms with Crippen LogP contribution in [0.4, 0.5) is 5.82 Å². The van der Waals surface area contributed by atoms with E-state index in [1.807, 2.05) is 36.5 Å². The third kappa shape index (κ3) is 3.04. The molecular weight excluding hydrogens is 330 g/mol.